The molecule has 1 N–H and O–H groups in total. The van der Waals surface area contributed by atoms with Crippen LogP contribution in [0.1, 0.15) is 47.0 Å². The molecule has 1 aliphatic rings. The second-order valence-corrected chi connectivity index (χ2v) is 8.51. The normalized spacial score (nSPS) is 19.5. The molecular formula is C18H27IN2O2. The maximum absolute atomic E-state index is 12.3. The summed E-state index contributed by atoms with van der Waals surface area (Å²) in [5, 5.41) is 3.53. The van der Waals surface area contributed by atoms with E-state index in [0.29, 0.717) is 6.04 Å². The third-order valence-corrected chi connectivity index (χ3v) is 4.54. The van der Waals surface area contributed by atoms with Gasteiger partial charge in [-0.15, -0.1) is 0 Å². The average Bonchev–Trinajstić information content (AvgIpc) is 2.84. The molecule has 23 heavy (non-hydrogen) atoms. The Morgan fingerprint density at radius 1 is 1.48 bits per heavy atom. The standard InChI is InChI=1S/C18H27IN2O2/c1-13(20-15-8-5-7-14(19)12-15)11-16-9-6-10-21(16)17(22)23-18(2,3)4/h5,7-8,12-13,16,20H,6,9-11H2,1-4H3. The summed E-state index contributed by atoms with van der Waals surface area (Å²) in [6.07, 6.45) is 2.86. The van der Waals surface area contributed by atoms with Crippen LogP contribution in [-0.4, -0.2) is 35.2 Å². The maximum atomic E-state index is 12.3. The molecule has 0 aliphatic carbocycles. The molecule has 0 saturated carbocycles. The number of hydrogen-bond donors (Lipinski definition) is 1. The first kappa shape index (κ1) is 18.4. The lowest BCUT2D eigenvalue weighted by atomic mass is 10.1. The van der Waals surface area contributed by atoms with Gasteiger partial charge in [0, 0.05) is 27.9 Å². The van der Waals surface area contributed by atoms with E-state index in [1.54, 1.807) is 0 Å². The second kappa shape index (κ2) is 7.73. The Kier molecular flexibility index (Phi) is 6.17. The average molecular weight is 430 g/mol. The number of rotatable bonds is 4. The largest absolute Gasteiger partial charge is 0.444 e. The van der Waals surface area contributed by atoms with Crippen LogP contribution in [0, 0.1) is 3.57 Å². The molecule has 128 valence electrons. The van der Waals surface area contributed by atoms with Gasteiger partial charge in [-0.05, 0) is 87.7 Å². The molecule has 1 heterocycles. The van der Waals surface area contributed by atoms with Crippen LogP contribution in [-0.2, 0) is 4.74 Å². The zero-order chi connectivity index (χ0) is 17.0. The number of halogens is 1. The summed E-state index contributed by atoms with van der Waals surface area (Å²) in [6, 6.07) is 8.92. The third-order valence-electron chi connectivity index (χ3n) is 3.87. The number of amides is 1. The number of hydrogen-bond acceptors (Lipinski definition) is 3. The van der Waals surface area contributed by atoms with E-state index in [4.69, 9.17) is 4.74 Å². The van der Waals surface area contributed by atoms with Crippen molar-refractivity contribution in [1.29, 1.82) is 0 Å². The van der Waals surface area contributed by atoms with Crippen molar-refractivity contribution in [2.75, 3.05) is 11.9 Å². The molecule has 0 radical (unpaired) electrons. The summed E-state index contributed by atoms with van der Waals surface area (Å²) in [4.78, 5) is 14.2. The number of nitrogens with one attached hydrogen (secondary N) is 1. The number of likely N-dealkylation sites (tertiary alicyclic amines) is 1. The summed E-state index contributed by atoms with van der Waals surface area (Å²) in [5.41, 5.74) is 0.695. The topological polar surface area (TPSA) is 41.6 Å². The van der Waals surface area contributed by atoms with Crippen LogP contribution in [0.25, 0.3) is 0 Å². The van der Waals surface area contributed by atoms with E-state index in [1.807, 2.05) is 25.7 Å². The number of carbonyl (C=O) groups is 1. The lowest BCUT2D eigenvalue weighted by Crippen LogP contribution is -2.41. The van der Waals surface area contributed by atoms with Crippen LogP contribution >= 0.6 is 22.6 Å². The molecule has 2 rings (SSSR count). The van der Waals surface area contributed by atoms with Crippen LogP contribution in [0.3, 0.4) is 0 Å². The smallest absolute Gasteiger partial charge is 0.410 e. The van der Waals surface area contributed by atoms with Crippen LogP contribution < -0.4 is 5.32 Å². The van der Waals surface area contributed by atoms with Gasteiger partial charge in [0.25, 0.3) is 0 Å². The van der Waals surface area contributed by atoms with Gasteiger partial charge in [0.15, 0.2) is 0 Å². The van der Waals surface area contributed by atoms with Crippen molar-refractivity contribution in [1.82, 2.24) is 4.90 Å². The Bertz CT molecular complexity index is 542. The fourth-order valence-electron chi connectivity index (χ4n) is 2.97. The highest BCUT2D eigenvalue weighted by atomic mass is 127. The molecular weight excluding hydrogens is 403 g/mol. The van der Waals surface area contributed by atoms with Gasteiger partial charge in [-0.3, -0.25) is 0 Å². The van der Waals surface area contributed by atoms with E-state index in [2.05, 4.69) is 59.1 Å². The van der Waals surface area contributed by atoms with E-state index in [0.717, 1.165) is 31.5 Å². The first-order valence-electron chi connectivity index (χ1n) is 8.26. The summed E-state index contributed by atoms with van der Waals surface area (Å²) >= 11 is 2.32. The van der Waals surface area contributed by atoms with Gasteiger partial charge in [-0.25, -0.2) is 4.79 Å². The van der Waals surface area contributed by atoms with Gasteiger partial charge in [0.05, 0.1) is 0 Å². The summed E-state index contributed by atoms with van der Waals surface area (Å²) < 4.78 is 6.75. The zero-order valence-corrected chi connectivity index (χ0v) is 16.6. The monoisotopic (exact) mass is 430 g/mol. The molecule has 2 unspecified atom stereocenters. The van der Waals surface area contributed by atoms with Gasteiger partial charge >= 0.3 is 6.09 Å². The highest BCUT2D eigenvalue weighted by molar-refractivity contribution is 14.1. The van der Waals surface area contributed by atoms with E-state index >= 15 is 0 Å². The minimum absolute atomic E-state index is 0.179. The molecule has 1 fully saturated rings. The third kappa shape index (κ3) is 5.86. The second-order valence-electron chi connectivity index (χ2n) is 7.26. The maximum Gasteiger partial charge on any atom is 0.410 e. The van der Waals surface area contributed by atoms with Gasteiger partial charge in [-0.1, -0.05) is 6.07 Å². The Balaban J connectivity index is 1.91. The molecule has 1 aromatic rings. The molecule has 1 aliphatic heterocycles. The fraction of sp³-hybridized carbons (Fsp3) is 0.611. The summed E-state index contributed by atoms with van der Waals surface area (Å²) in [6.45, 7) is 8.71. The summed E-state index contributed by atoms with van der Waals surface area (Å²) in [7, 11) is 0. The first-order valence-corrected chi connectivity index (χ1v) is 9.34. The van der Waals surface area contributed by atoms with E-state index < -0.39 is 5.60 Å². The predicted molar refractivity (Wildman–Crippen MR) is 103 cm³/mol. The SMILES string of the molecule is CC(CC1CCCN1C(=O)OC(C)(C)C)Nc1cccc(I)c1. The van der Waals surface area contributed by atoms with Crippen LogP contribution in [0.5, 0.6) is 0 Å². The number of benzene rings is 1. The van der Waals surface area contributed by atoms with Crippen molar-refractivity contribution in [2.24, 2.45) is 0 Å². The molecule has 5 heteroatoms. The van der Waals surface area contributed by atoms with E-state index in [-0.39, 0.29) is 12.1 Å². The van der Waals surface area contributed by atoms with Crippen LogP contribution in [0.15, 0.2) is 24.3 Å². The highest BCUT2D eigenvalue weighted by Gasteiger charge is 2.32. The van der Waals surface area contributed by atoms with Crippen molar-refractivity contribution in [3.05, 3.63) is 27.8 Å². The fourth-order valence-corrected chi connectivity index (χ4v) is 3.51. The molecule has 1 aromatic carbocycles. The molecule has 0 spiro atoms. The summed E-state index contributed by atoms with van der Waals surface area (Å²) in [5.74, 6) is 0. The molecule has 1 amide bonds. The van der Waals surface area contributed by atoms with E-state index in [1.165, 1.54) is 3.57 Å². The number of nitrogens with zero attached hydrogens (tertiary/aromatic N) is 1. The van der Waals surface area contributed by atoms with E-state index in [9.17, 15) is 4.79 Å². The minimum atomic E-state index is -0.436. The van der Waals surface area contributed by atoms with Gasteiger partial charge in [-0.2, -0.15) is 0 Å². The predicted octanol–water partition coefficient (Wildman–Crippen LogP) is 4.88. The molecule has 2 atom stereocenters. The van der Waals surface area contributed by atoms with Crippen LogP contribution in [0.2, 0.25) is 0 Å². The van der Waals surface area contributed by atoms with Crippen molar-refractivity contribution in [2.45, 2.75) is 64.6 Å². The quantitative estimate of drug-likeness (QED) is 0.693. The Hall–Kier alpha value is -0.980. The molecule has 4 nitrogen and oxygen atoms in total. The molecule has 1 saturated heterocycles. The lowest BCUT2D eigenvalue weighted by molar-refractivity contribution is 0.0218. The lowest BCUT2D eigenvalue weighted by Gasteiger charge is -2.30. The number of anilines is 1. The molecule has 0 bridgehead atoms. The Morgan fingerprint density at radius 2 is 2.22 bits per heavy atom. The van der Waals surface area contributed by atoms with Gasteiger partial charge in [0.1, 0.15) is 5.60 Å². The van der Waals surface area contributed by atoms with Crippen molar-refractivity contribution in [3.63, 3.8) is 0 Å². The number of ether oxygens (including phenoxy) is 1. The minimum Gasteiger partial charge on any atom is -0.444 e. The van der Waals surface area contributed by atoms with Crippen LogP contribution in [0.4, 0.5) is 10.5 Å². The van der Waals surface area contributed by atoms with Gasteiger partial charge in [0.2, 0.25) is 0 Å². The Labute approximate surface area is 153 Å². The van der Waals surface area contributed by atoms with Crippen molar-refractivity contribution >= 4 is 34.4 Å². The first-order chi connectivity index (χ1) is 10.7. The molecule has 0 aromatic heterocycles. The Morgan fingerprint density at radius 3 is 2.87 bits per heavy atom. The van der Waals surface area contributed by atoms with Crippen molar-refractivity contribution < 1.29 is 9.53 Å². The number of carbonyl (C=O) groups excluding carboxylic acids is 1. The zero-order valence-electron chi connectivity index (χ0n) is 14.4. The highest BCUT2D eigenvalue weighted by Crippen LogP contribution is 2.25. The van der Waals surface area contributed by atoms with Gasteiger partial charge < -0.3 is 15.0 Å². The van der Waals surface area contributed by atoms with Crippen molar-refractivity contribution in [3.8, 4) is 0 Å².